The first kappa shape index (κ1) is 14.1. The summed E-state index contributed by atoms with van der Waals surface area (Å²) >= 11 is 0. The van der Waals surface area contributed by atoms with Gasteiger partial charge in [-0.2, -0.15) is 8.42 Å². The fourth-order valence-corrected chi connectivity index (χ4v) is 3.77. The molecular formula is C10H14O5S2. The first-order valence-corrected chi connectivity index (χ1v) is 8.27. The quantitative estimate of drug-likeness (QED) is 0.809. The molecule has 0 atom stereocenters. The zero-order chi connectivity index (χ0) is 13.1. The third-order valence-electron chi connectivity index (χ3n) is 2.30. The summed E-state index contributed by atoms with van der Waals surface area (Å²) in [6.45, 7) is 1.95. The Morgan fingerprint density at radius 1 is 1.00 bits per heavy atom. The number of hydrogen-bond donors (Lipinski definition) is 1. The number of rotatable bonds is 5. The highest BCUT2D eigenvalue weighted by Crippen LogP contribution is 2.13. The van der Waals surface area contributed by atoms with Gasteiger partial charge in [-0.3, -0.25) is 4.55 Å². The summed E-state index contributed by atoms with van der Waals surface area (Å²) in [5, 5.41) is 0. The summed E-state index contributed by atoms with van der Waals surface area (Å²) in [7, 11) is -7.91. The van der Waals surface area contributed by atoms with Crippen LogP contribution in [0, 0.1) is 0 Å². The fourth-order valence-electron chi connectivity index (χ4n) is 1.27. The molecule has 5 nitrogen and oxygen atoms in total. The standard InChI is InChI=1S/C10H14O5S2/c1-2-9-3-5-10(6-4-9)16(11,12)7-8-17(13,14)15/h3-6H,2,7-8H2,1H3,(H,13,14,15). The van der Waals surface area contributed by atoms with Crippen molar-refractivity contribution in [3.8, 4) is 0 Å². The maximum atomic E-state index is 11.7. The van der Waals surface area contributed by atoms with E-state index < -0.39 is 31.5 Å². The summed E-state index contributed by atoms with van der Waals surface area (Å²) in [5.74, 6) is -1.40. The van der Waals surface area contributed by atoms with Crippen LogP contribution in [0.15, 0.2) is 29.2 Å². The molecule has 1 aromatic carbocycles. The normalized spacial score (nSPS) is 12.6. The molecule has 0 saturated carbocycles. The van der Waals surface area contributed by atoms with Gasteiger partial charge in [0.05, 0.1) is 16.4 Å². The highest BCUT2D eigenvalue weighted by Gasteiger charge is 2.17. The lowest BCUT2D eigenvalue weighted by molar-refractivity contribution is 0.484. The van der Waals surface area contributed by atoms with E-state index >= 15 is 0 Å². The summed E-state index contributed by atoms with van der Waals surface area (Å²) in [6.07, 6.45) is 0.797. The van der Waals surface area contributed by atoms with Gasteiger partial charge in [0.25, 0.3) is 10.1 Å². The van der Waals surface area contributed by atoms with Crippen molar-refractivity contribution in [2.24, 2.45) is 0 Å². The smallest absolute Gasteiger partial charge is 0.265 e. The average Bonchev–Trinajstić information content (AvgIpc) is 2.26. The number of sulfone groups is 1. The molecule has 1 rings (SSSR count). The van der Waals surface area contributed by atoms with Crippen LogP contribution < -0.4 is 0 Å². The van der Waals surface area contributed by atoms with E-state index in [-0.39, 0.29) is 4.90 Å². The van der Waals surface area contributed by atoms with E-state index in [2.05, 4.69) is 0 Å². The molecule has 7 heteroatoms. The van der Waals surface area contributed by atoms with E-state index in [9.17, 15) is 16.8 Å². The highest BCUT2D eigenvalue weighted by atomic mass is 32.2. The molecule has 1 aromatic rings. The van der Waals surface area contributed by atoms with E-state index in [1.807, 2.05) is 6.92 Å². The van der Waals surface area contributed by atoms with Crippen LogP contribution in [-0.4, -0.2) is 32.9 Å². The Kier molecular flexibility index (Phi) is 4.29. The van der Waals surface area contributed by atoms with Crippen LogP contribution in [-0.2, 0) is 26.4 Å². The molecule has 0 spiro atoms. The summed E-state index contributed by atoms with van der Waals surface area (Å²) in [6, 6.07) is 6.25. The van der Waals surface area contributed by atoms with Crippen molar-refractivity contribution in [3.05, 3.63) is 29.8 Å². The maximum absolute atomic E-state index is 11.7. The summed E-state index contributed by atoms with van der Waals surface area (Å²) in [5.41, 5.74) is 0.999. The van der Waals surface area contributed by atoms with E-state index in [0.29, 0.717) is 0 Å². The molecule has 0 radical (unpaired) electrons. The van der Waals surface area contributed by atoms with Crippen LogP contribution in [0.4, 0.5) is 0 Å². The van der Waals surface area contributed by atoms with Crippen LogP contribution in [0.3, 0.4) is 0 Å². The van der Waals surface area contributed by atoms with Crippen molar-refractivity contribution in [2.75, 3.05) is 11.5 Å². The average molecular weight is 278 g/mol. The Morgan fingerprint density at radius 2 is 1.53 bits per heavy atom. The lowest BCUT2D eigenvalue weighted by atomic mass is 10.2. The second-order valence-electron chi connectivity index (χ2n) is 3.60. The van der Waals surface area contributed by atoms with E-state index in [1.165, 1.54) is 12.1 Å². The first-order chi connectivity index (χ1) is 7.74. The number of aryl methyl sites for hydroxylation is 1. The van der Waals surface area contributed by atoms with Gasteiger partial charge in [0, 0.05) is 0 Å². The van der Waals surface area contributed by atoms with Crippen molar-refractivity contribution >= 4 is 20.0 Å². The first-order valence-electron chi connectivity index (χ1n) is 5.01. The second-order valence-corrected chi connectivity index (χ2v) is 7.28. The third kappa shape index (κ3) is 4.45. The van der Waals surface area contributed by atoms with Crippen LogP contribution in [0.25, 0.3) is 0 Å². The Hall–Kier alpha value is -0.920. The van der Waals surface area contributed by atoms with Crippen molar-refractivity contribution in [2.45, 2.75) is 18.2 Å². The molecule has 1 N–H and O–H groups in total. The maximum Gasteiger partial charge on any atom is 0.265 e. The van der Waals surface area contributed by atoms with E-state index in [0.717, 1.165) is 12.0 Å². The van der Waals surface area contributed by atoms with Gasteiger partial charge in [-0.05, 0) is 24.1 Å². The molecule has 0 heterocycles. The summed E-state index contributed by atoms with van der Waals surface area (Å²) < 4.78 is 52.9. The highest BCUT2D eigenvalue weighted by molar-refractivity contribution is 7.93. The Morgan fingerprint density at radius 3 is 1.94 bits per heavy atom. The molecule has 0 aromatic heterocycles. The Bertz CT molecular complexity index is 570. The second kappa shape index (κ2) is 5.16. The molecule has 0 aliphatic heterocycles. The van der Waals surface area contributed by atoms with Crippen molar-refractivity contribution in [1.29, 1.82) is 0 Å². The van der Waals surface area contributed by atoms with Crippen LogP contribution >= 0.6 is 0 Å². The van der Waals surface area contributed by atoms with Gasteiger partial charge >= 0.3 is 0 Å². The minimum Gasteiger partial charge on any atom is -0.286 e. The van der Waals surface area contributed by atoms with E-state index in [4.69, 9.17) is 4.55 Å². The molecule has 0 fully saturated rings. The minimum absolute atomic E-state index is 0.0679. The third-order valence-corrected chi connectivity index (χ3v) is 5.01. The van der Waals surface area contributed by atoms with Crippen LogP contribution in [0.2, 0.25) is 0 Å². The van der Waals surface area contributed by atoms with Gasteiger partial charge in [0.15, 0.2) is 9.84 Å². The van der Waals surface area contributed by atoms with Crippen LogP contribution in [0.5, 0.6) is 0 Å². The predicted molar refractivity (Wildman–Crippen MR) is 64.3 cm³/mol. The van der Waals surface area contributed by atoms with Gasteiger partial charge < -0.3 is 0 Å². The van der Waals surface area contributed by atoms with E-state index in [1.54, 1.807) is 12.1 Å². The molecular weight excluding hydrogens is 264 g/mol. The Labute approximate surface area is 101 Å². The lowest BCUT2D eigenvalue weighted by Crippen LogP contribution is -2.16. The predicted octanol–water partition coefficient (Wildman–Crippen LogP) is 0.911. The lowest BCUT2D eigenvalue weighted by Gasteiger charge is -2.04. The SMILES string of the molecule is CCc1ccc(S(=O)(=O)CCS(=O)(=O)O)cc1. The molecule has 0 aliphatic rings. The molecule has 0 saturated heterocycles. The largest absolute Gasteiger partial charge is 0.286 e. The monoisotopic (exact) mass is 278 g/mol. The van der Waals surface area contributed by atoms with Gasteiger partial charge in [0.1, 0.15) is 0 Å². The van der Waals surface area contributed by atoms with Crippen molar-refractivity contribution in [3.63, 3.8) is 0 Å². The van der Waals surface area contributed by atoms with Gasteiger partial charge in [0.2, 0.25) is 0 Å². The van der Waals surface area contributed by atoms with Gasteiger partial charge in [-0.15, -0.1) is 0 Å². The zero-order valence-electron chi connectivity index (χ0n) is 9.33. The molecule has 0 aliphatic carbocycles. The molecule has 96 valence electrons. The van der Waals surface area contributed by atoms with Crippen molar-refractivity contribution < 1.29 is 21.4 Å². The Balaban J connectivity index is 2.90. The minimum atomic E-state index is -4.26. The molecule has 0 amide bonds. The van der Waals surface area contributed by atoms with Crippen molar-refractivity contribution in [1.82, 2.24) is 0 Å². The summed E-state index contributed by atoms with van der Waals surface area (Å²) in [4.78, 5) is 0.0679. The molecule has 0 bridgehead atoms. The number of benzene rings is 1. The fraction of sp³-hybridized carbons (Fsp3) is 0.400. The van der Waals surface area contributed by atoms with Crippen LogP contribution in [0.1, 0.15) is 12.5 Å². The molecule has 17 heavy (non-hydrogen) atoms. The molecule has 0 unspecified atom stereocenters. The van der Waals surface area contributed by atoms with Gasteiger partial charge in [-0.25, -0.2) is 8.42 Å². The van der Waals surface area contributed by atoms with Gasteiger partial charge in [-0.1, -0.05) is 19.1 Å². The zero-order valence-corrected chi connectivity index (χ0v) is 11.0. The number of hydrogen-bond acceptors (Lipinski definition) is 4. The topological polar surface area (TPSA) is 88.5 Å².